The summed E-state index contributed by atoms with van der Waals surface area (Å²) in [6.45, 7) is 4.18. The van der Waals surface area contributed by atoms with Gasteiger partial charge in [0.1, 0.15) is 16.4 Å². The van der Waals surface area contributed by atoms with E-state index in [1.165, 1.54) is 0 Å². The lowest BCUT2D eigenvalue weighted by Gasteiger charge is -2.16. The van der Waals surface area contributed by atoms with Gasteiger partial charge in [0, 0.05) is 29.4 Å². The van der Waals surface area contributed by atoms with Crippen molar-refractivity contribution in [2.45, 2.75) is 25.6 Å². The summed E-state index contributed by atoms with van der Waals surface area (Å²) in [6.07, 6.45) is 3.52. The van der Waals surface area contributed by atoms with Gasteiger partial charge in [-0.05, 0) is 54.8 Å². The highest BCUT2D eigenvalue weighted by molar-refractivity contribution is 7.71. The predicted octanol–water partition coefficient (Wildman–Crippen LogP) is 4.29. The molecule has 0 aliphatic heterocycles. The zero-order valence-corrected chi connectivity index (χ0v) is 17.6. The van der Waals surface area contributed by atoms with Crippen molar-refractivity contribution < 1.29 is 8.42 Å². The van der Waals surface area contributed by atoms with Crippen LogP contribution in [0.2, 0.25) is 0 Å². The molecule has 2 aromatic carbocycles. The fourth-order valence-corrected chi connectivity index (χ4v) is 3.89. The van der Waals surface area contributed by atoms with Gasteiger partial charge in [0.2, 0.25) is 0 Å². The fraction of sp³-hybridized carbons (Fsp3) is 0.174. The minimum atomic E-state index is -2.43. The maximum Gasteiger partial charge on any atom is 0.144 e. The van der Waals surface area contributed by atoms with E-state index >= 15 is 0 Å². The molecule has 7 heteroatoms. The molecule has 2 heterocycles. The Morgan fingerprint density at radius 1 is 0.933 bits per heavy atom. The Bertz CT molecular complexity index is 1250. The molecule has 1 N–H and O–H groups in total. The third-order valence-electron chi connectivity index (χ3n) is 4.73. The smallest absolute Gasteiger partial charge is 0.144 e. The lowest BCUT2D eigenvalue weighted by molar-refractivity contribution is 0.614. The van der Waals surface area contributed by atoms with Gasteiger partial charge in [-0.2, -0.15) is 0 Å². The van der Waals surface area contributed by atoms with Crippen molar-refractivity contribution in [1.82, 2.24) is 15.2 Å². The maximum absolute atomic E-state index is 10.9. The molecule has 0 aliphatic carbocycles. The van der Waals surface area contributed by atoms with Gasteiger partial charge in [-0.25, -0.2) is 8.42 Å². The first-order chi connectivity index (χ1) is 14.5. The maximum atomic E-state index is 10.9. The van der Waals surface area contributed by atoms with Crippen molar-refractivity contribution in [3.63, 3.8) is 0 Å². The lowest BCUT2D eigenvalue weighted by atomic mass is 10.0. The Hall–Kier alpha value is -3.32. The Balaban J connectivity index is 1.78. The van der Waals surface area contributed by atoms with Gasteiger partial charge < -0.3 is 5.32 Å². The molecular weight excluding hydrogens is 396 g/mol. The van der Waals surface area contributed by atoms with E-state index in [0.29, 0.717) is 0 Å². The van der Waals surface area contributed by atoms with Crippen LogP contribution >= 0.6 is 0 Å². The zero-order chi connectivity index (χ0) is 21.1. The van der Waals surface area contributed by atoms with E-state index in [1.54, 1.807) is 12.4 Å². The van der Waals surface area contributed by atoms with Crippen molar-refractivity contribution in [1.29, 1.82) is 0 Å². The third-order valence-corrected chi connectivity index (χ3v) is 5.35. The van der Waals surface area contributed by atoms with Crippen LogP contribution in [-0.4, -0.2) is 29.6 Å². The number of rotatable bonds is 6. The number of aromatic nitrogens is 3. The summed E-state index contributed by atoms with van der Waals surface area (Å²) in [7, 11) is -2.43. The highest BCUT2D eigenvalue weighted by Gasteiger charge is 2.14. The summed E-state index contributed by atoms with van der Waals surface area (Å²) in [5.41, 5.74) is 6.18. The molecule has 4 rings (SSSR count). The number of nitrogens with zero attached hydrogens (tertiary/aromatic N) is 3. The first-order valence-corrected chi connectivity index (χ1v) is 11.1. The van der Waals surface area contributed by atoms with Gasteiger partial charge in [-0.15, -0.1) is 10.2 Å². The molecule has 0 atom stereocenters. The molecule has 0 aliphatic rings. The van der Waals surface area contributed by atoms with E-state index in [4.69, 9.17) is 0 Å². The highest BCUT2D eigenvalue weighted by Crippen LogP contribution is 2.34. The van der Waals surface area contributed by atoms with Gasteiger partial charge in [0.15, 0.2) is 0 Å². The van der Waals surface area contributed by atoms with E-state index in [9.17, 15) is 8.42 Å². The number of hydrogen-bond acceptors (Lipinski definition) is 6. The Labute approximate surface area is 177 Å². The number of thiol groups is 1. The molecular formula is C23H22N4O2S. The number of benzene rings is 2. The minimum absolute atomic E-state index is 0.0557. The second-order valence-electron chi connectivity index (χ2n) is 7.38. The Morgan fingerprint density at radius 3 is 2.37 bits per heavy atom. The number of hydrogen-bond donors (Lipinski definition) is 2. The normalized spacial score (nSPS) is 11.3. The summed E-state index contributed by atoms with van der Waals surface area (Å²) in [5, 5.41) is 13.5. The highest BCUT2D eigenvalue weighted by atomic mass is 32.2. The van der Waals surface area contributed by atoms with Gasteiger partial charge in [0.05, 0.1) is 17.0 Å². The van der Waals surface area contributed by atoms with Crippen LogP contribution in [-0.2, 0) is 16.5 Å². The van der Waals surface area contributed by atoms with E-state index < -0.39 is 10.7 Å². The number of pyridine rings is 1. The summed E-state index contributed by atoms with van der Waals surface area (Å²) < 4.78 is 21.8. The molecule has 0 spiro atoms. The van der Waals surface area contributed by atoms with Gasteiger partial charge in [-0.1, -0.05) is 30.3 Å². The predicted molar refractivity (Wildman–Crippen MR) is 121 cm³/mol. The third kappa shape index (κ3) is 4.31. The average molecular weight is 419 g/mol. The molecule has 30 heavy (non-hydrogen) atoms. The SMILES string of the molecule is CC(C)Nc1c(-c2cccnc2)nnc2cc(-c3ccc(C[SH](=O)=O)cc3)ccc12. The molecule has 6 nitrogen and oxygen atoms in total. The van der Waals surface area contributed by atoms with Gasteiger partial charge >= 0.3 is 0 Å². The number of fused-ring (bicyclic) bond motifs is 1. The van der Waals surface area contributed by atoms with Crippen LogP contribution in [0, 0.1) is 0 Å². The van der Waals surface area contributed by atoms with Crippen LogP contribution < -0.4 is 5.32 Å². The van der Waals surface area contributed by atoms with Crippen molar-refractivity contribution in [2.24, 2.45) is 0 Å². The molecule has 0 saturated heterocycles. The van der Waals surface area contributed by atoms with Gasteiger partial charge in [0.25, 0.3) is 0 Å². The summed E-state index contributed by atoms with van der Waals surface area (Å²) in [5.74, 6) is 0.0557. The van der Waals surface area contributed by atoms with Crippen molar-refractivity contribution in [2.75, 3.05) is 5.32 Å². The van der Waals surface area contributed by atoms with Gasteiger partial charge in [-0.3, -0.25) is 4.98 Å². The Kier molecular flexibility index (Phi) is 5.72. The van der Waals surface area contributed by atoms with Crippen LogP contribution in [0.4, 0.5) is 5.69 Å². The molecule has 2 aromatic heterocycles. The monoisotopic (exact) mass is 418 g/mol. The van der Waals surface area contributed by atoms with E-state index in [-0.39, 0.29) is 11.8 Å². The van der Waals surface area contributed by atoms with E-state index in [1.807, 2.05) is 54.6 Å². The second-order valence-corrected chi connectivity index (χ2v) is 8.37. The minimum Gasteiger partial charge on any atom is -0.380 e. The van der Waals surface area contributed by atoms with Crippen molar-refractivity contribution >= 4 is 27.3 Å². The first kappa shape index (κ1) is 20.0. The topological polar surface area (TPSA) is 84.8 Å². The van der Waals surface area contributed by atoms with Crippen LogP contribution in [0.1, 0.15) is 19.4 Å². The molecule has 0 saturated carbocycles. The lowest BCUT2D eigenvalue weighted by Crippen LogP contribution is -2.12. The van der Waals surface area contributed by atoms with Crippen molar-refractivity contribution in [3.05, 3.63) is 72.6 Å². The molecule has 0 radical (unpaired) electrons. The number of nitrogens with one attached hydrogen (secondary N) is 1. The number of anilines is 1. The second kappa shape index (κ2) is 8.59. The largest absolute Gasteiger partial charge is 0.380 e. The van der Waals surface area contributed by atoms with Crippen LogP contribution in [0.5, 0.6) is 0 Å². The summed E-state index contributed by atoms with van der Waals surface area (Å²) in [4.78, 5) is 4.21. The van der Waals surface area contributed by atoms with E-state index in [0.717, 1.165) is 44.5 Å². The molecule has 0 fully saturated rings. The van der Waals surface area contributed by atoms with Crippen molar-refractivity contribution in [3.8, 4) is 22.4 Å². The summed E-state index contributed by atoms with van der Waals surface area (Å²) in [6, 6.07) is 17.7. The Morgan fingerprint density at radius 2 is 1.70 bits per heavy atom. The van der Waals surface area contributed by atoms with Crippen LogP contribution in [0.25, 0.3) is 33.3 Å². The molecule has 4 aromatic rings. The summed E-state index contributed by atoms with van der Waals surface area (Å²) >= 11 is 0. The molecule has 0 unspecified atom stereocenters. The van der Waals surface area contributed by atoms with E-state index in [2.05, 4.69) is 34.3 Å². The van der Waals surface area contributed by atoms with Crippen LogP contribution in [0.15, 0.2) is 67.0 Å². The fourth-order valence-electron chi connectivity index (χ4n) is 3.38. The molecule has 0 amide bonds. The zero-order valence-electron chi connectivity index (χ0n) is 16.7. The average Bonchev–Trinajstić information content (AvgIpc) is 2.74. The quantitative estimate of drug-likeness (QED) is 0.455. The molecule has 0 bridgehead atoms. The first-order valence-electron chi connectivity index (χ1n) is 9.70. The standard InChI is InChI=1S/C23H22N4O2S/c1-15(2)25-23-20-10-9-18(17-7-5-16(6-8-17)14-30(28)29)12-21(20)26-27-22(23)19-4-3-11-24-13-19/h3-13,15,30H,14H2,1-2H3,(H,25,26). The molecule has 152 valence electrons. The van der Waals surface area contributed by atoms with Crippen LogP contribution in [0.3, 0.4) is 0 Å².